The molecule has 2 saturated heterocycles. The molecule has 2 heterocycles. The largest absolute Gasteiger partial charge is 0.463 e. The second kappa shape index (κ2) is 17.8. The number of rotatable bonds is 18. The molecule has 4 N–H and O–H groups in total. The van der Waals surface area contributed by atoms with Gasteiger partial charge in [-0.1, -0.05) is 71.1 Å². The molecule has 12 heteroatoms. The lowest BCUT2D eigenvalue weighted by Gasteiger charge is -2.43. The summed E-state index contributed by atoms with van der Waals surface area (Å²) in [4.78, 5) is 12.2. The van der Waals surface area contributed by atoms with Crippen molar-refractivity contribution in [2.75, 3.05) is 18.4 Å². The van der Waals surface area contributed by atoms with Gasteiger partial charge in [-0.15, -0.1) is 34.8 Å². The molecule has 0 saturated carbocycles. The van der Waals surface area contributed by atoms with Crippen molar-refractivity contribution in [2.45, 2.75) is 138 Å². The van der Waals surface area contributed by atoms with Gasteiger partial charge in [0.05, 0.1) is 17.1 Å². The SMILES string of the molecule is CCCCCCCCCCCCCC(=O)OCC1O[C@@H](O[C@@]2(CCl)O[C@@H](CCl)[C@@H](O)C2O)C(O)[C@@H](O)[C@H]1Cl. The standard InChI is InChI=1S/C26H45Cl3O9/c1-2-3-4-5-6-7-8-9-10-11-12-13-19(30)35-15-18-20(29)22(32)23(33)25(36-18)38-26(16-28)24(34)21(31)17(14-27)37-26/h17-18,20-25,31-34H,2-16H2,1H3/t17-,18?,20-,21+,22-,23?,24?,25-,26+/m0/s1. The van der Waals surface area contributed by atoms with Crippen LogP contribution in [0.3, 0.4) is 0 Å². The van der Waals surface area contributed by atoms with Gasteiger partial charge in [-0.25, -0.2) is 0 Å². The van der Waals surface area contributed by atoms with Gasteiger partial charge in [0.2, 0.25) is 5.79 Å². The van der Waals surface area contributed by atoms with Crippen molar-refractivity contribution in [3.8, 4) is 0 Å². The van der Waals surface area contributed by atoms with Gasteiger partial charge in [-0.2, -0.15) is 0 Å². The molecule has 9 nitrogen and oxygen atoms in total. The minimum absolute atomic E-state index is 0.140. The first kappa shape index (κ1) is 34.3. The van der Waals surface area contributed by atoms with E-state index in [0.717, 1.165) is 19.3 Å². The van der Waals surface area contributed by atoms with Crippen LogP contribution in [0.1, 0.15) is 84.0 Å². The van der Waals surface area contributed by atoms with E-state index in [9.17, 15) is 25.2 Å². The highest BCUT2D eigenvalue weighted by Gasteiger charge is 2.58. The summed E-state index contributed by atoms with van der Waals surface area (Å²) in [7, 11) is 0. The van der Waals surface area contributed by atoms with Gasteiger partial charge in [0.15, 0.2) is 6.29 Å². The maximum Gasteiger partial charge on any atom is 0.305 e. The van der Waals surface area contributed by atoms with Crippen LogP contribution in [-0.2, 0) is 23.7 Å². The van der Waals surface area contributed by atoms with E-state index < -0.39 is 65.9 Å². The lowest BCUT2D eigenvalue weighted by Crippen LogP contribution is -2.61. The zero-order valence-electron chi connectivity index (χ0n) is 22.2. The molecule has 0 aromatic carbocycles. The van der Waals surface area contributed by atoms with Gasteiger partial charge in [0, 0.05) is 6.42 Å². The van der Waals surface area contributed by atoms with Crippen molar-refractivity contribution in [3.63, 3.8) is 0 Å². The highest BCUT2D eigenvalue weighted by molar-refractivity contribution is 6.21. The number of halogens is 3. The van der Waals surface area contributed by atoms with Crippen molar-refractivity contribution in [1.82, 2.24) is 0 Å². The molecule has 2 rings (SSSR count). The molecule has 38 heavy (non-hydrogen) atoms. The van der Waals surface area contributed by atoms with Crippen molar-refractivity contribution >= 4 is 40.8 Å². The van der Waals surface area contributed by atoms with Crippen LogP contribution in [-0.4, -0.2) is 98.8 Å². The highest BCUT2D eigenvalue weighted by atomic mass is 35.5. The van der Waals surface area contributed by atoms with E-state index >= 15 is 0 Å². The van der Waals surface area contributed by atoms with E-state index in [0.29, 0.717) is 0 Å². The van der Waals surface area contributed by atoms with Crippen LogP contribution < -0.4 is 0 Å². The predicted molar refractivity (Wildman–Crippen MR) is 144 cm³/mol. The van der Waals surface area contributed by atoms with Crippen LogP contribution in [0.4, 0.5) is 0 Å². The summed E-state index contributed by atoms with van der Waals surface area (Å²) in [5, 5.41) is 40.4. The van der Waals surface area contributed by atoms with Gasteiger partial charge >= 0.3 is 5.97 Å². The topological polar surface area (TPSA) is 135 Å². The molecule has 0 aliphatic carbocycles. The van der Waals surface area contributed by atoms with E-state index in [4.69, 9.17) is 53.8 Å². The van der Waals surface area contributed by atoms with Gasteiger partial charge in [0.1, 0.15) is 43.2 Å². The van der Waals surface area contributed by atoms with Crippen molar-refractivity contribution in [1.29, 1.82) is 0 Å². The zero-order chi connectivity index (χ0) is 28.1. The zero-order valence-corrected chi connectivity index (χ0v) is 24.5. The molecule has 0 spiro atoms. The Morgan fingerprint density at radius 3 is 1.95 bits per heavy atom. The number of carbonyl (C=O) groups is 1. The first-order valence-corrected chi connectivity index (χ1v) is 15.4. The van der Waals surface area contributed by atoms with E-state index in [1.54, 1.807) is 0 Å². The van der Waals surface area contributed by atoms with E-state index in [2.05, 4.69) is 6.92 Å². The Balaban J connectivity index is 1.73. The fourth-order valence-corrected chi connectivity index (χ4v) is 5.54. The number of alkyl halides is 3. The van der Waals surface area contributed by atoms with Gasteiger partial charge in [-0.3, -0.25) is 4.79 Å². The Labute approximate surface area is 241 Å². The fourth-order valence-electron chi connectivity index (χ4n) is 4.72. The molecule has 0 aromatic rings. The number of esters is 1. The summed E-state index contributed by atoms with van der Waals surface area (Å²) in [5.41, 5.74) is 0. The third-order valence-corrected chi connectivity index (χ3v) is 8.39. The summed E-state index contributed by atoms with van der Waals surface area (Å²) in [5.74, 6) is -2.92. The molecule has 0 amide bonds. The van der Waals surface area contributed by atoms with Crippen LogP contribution in [0.5, 0.6) is 0 Å². The minimum Gasteiger partial charge on any atom is -0.463 e. The molecule has 2 aliphatic heterocycles. The van der Waals surface area contributed by atoms with Gasteiger partial charge in [-0.05, 0) is 6.42 Å². The first-order valence-electron chi connectivity index (χ1n) is 13.9. The highest BCUT2D eigenvalue weighted by Crippen LogP contribution is 2.38. The Kier molecular flexibility index (Phi) is 16.0. The second-order valence-electron chi connectivity index (χ2n) is 10.2. The average molecular weight is 608 g/mol. The molecule has 2 aliphatic rings. The summed E-state index contributed by atoms with van der Waals surface area (Å²) < 4.78 is 22.2. The third kappa shape index (κ3) is 9.86. The van der Waals surface area contributed by atoms with E-state index in [1.165, 1.54) is 51.4 Å². The maximum atomic E-state index is 12.2. The summed E-state index contributed by atoms with van der Waals surface area (Å²) in [6, 6.07) is 0. The maximum absolute atomic E-state index is 12.2. The van der Waals surface area contributed by atoms with Crippen molar-refractivity contribution in [3.05, 3.63) is 0 Å². The van der Waals surface area contributed by atoms with E-state index in [1.807, 2.05) is 0 Å². The molecule has 9 atom stereocenters. The smallest absolute Gasteiger partial charge is 0.305 e. The molecule has 0 radical (unpaired) electrons. The summed E-state index contributed by atoms with van der Waals surface area (Å²) in [6.45, 7) is 1.95. The molecule has 3 unspecified atom stereocenters. The number of ether oxygens (including phenoxy) is 4. The molecular formula is C26H45Cl3O9. The number of unbranched alkanes of at least 4 members (excludes halogenated alkanes) is 10. The monoisotopic (exact) mass is 606 g/mol. The van der Waals surface area contributed by atoms with Crippen LogP contribution in [0.2, 0.25) is 0 Å². The lowest BCUT2D eigenvalue weighted by atomic mass is 10.0. The Morgan fingerprint density at radius 1 is 0.842 bits per heavy atom. The van der Waals surface area contributed by atoms with Crippen molar-refractivity contribution < 1.29 is 44.2 Å². The second-order valence-corrected chi connectivity index (χ2v) is 11.3. The molecule has 2 fully saturated rings. The van der Waals surface area contributed by atoms with E-state index in [-0.39, 0.29) is 18.9 Å². The summed E-state index contributed by atoms with van der Waals surface area (Å²) in [6.07, 6.45) is 3.57. The molecule has 224 valence electrons. The number of carbonyl (C=O) groups excluding carboxylic acids is 1. The van der Waals surface area contributed by atoms with Gasteiger partial charge in [0.25, 0.3) is 0 Å². The van der Waals surface area contributed by atoms with Crippen LogP contribution in [0.15, 0.2) is 0 Å². The Bertz CT molecular complexity index is 676. The minimum atomic E-state index is -1.94. The predicted octanol–water partition coefficient (Wildman–Crippen LogP) is 3.60. The lowest BCUT2D eigenvalue weighted by molar-refractivity contribution is -0.357. The number of aliphatic hydroxyl groups is 4. The quantitative estimate of drug-likeness (QED) is 0.105. The van der Waals surface area contributed by atoms with Crippen LogP contribution in [0, 0.1) is 0 Å². The number of hydrogen-bond donors (Lipinski definition) is 4. The van der Waals surface area contributed by atoms with Gasteiger partial charge < -0.3 is 39.4 Å². The molecular weight excluding hydrogens is 563 g/mol. The molecule has 0 aromatic heterocycles. The van der Waals surface area contributed by atoms with Crippen LogP contribution >= 0.6 is 34.8 Å². The van der Waals surface area contributed by atoms with Crippen molar-refractivity contribution in [2.24, 2.45) is 0 Å². The average Bonchev–Trinajstić information content (AvgIpc) is 3.16. The first-order chi connectivity index (χ1) is 18.2. The Morgan fingerprint density at radius 2 is 1.42 bits per heavy atom. The fraction of sp³-hybridized carbons (Fsp3) is 0.962. The summed E-state index contributed by atoms with van der Waals surface area (Å²) >= 11 is 18.0. The third-order valence-electron chi connectivity index (χ3n) is 7.17. The molecule has 0 bridgehead atoms. The van der Waals surface area contributed by atoms with Crippen LogP contribution in [0.25, 0.3) is 0 Å². The normalized spacial score (nSPS) is 35.5. The Hall–Kier alpha value is 0.0600. The number of aliphatic hydroxyl groups excluding tert-OH is 4. The number of hydrogen-bond acceptors (Lipinski definition) is 9.